The molecule has 0 aliphatic rings. The summed E-state index contributed by atoms with van der Waals surface area (Å²) in [6.45, 7) is 7.83. The van der Waals surface area contributed by atoms with E-state index in [0.29, 0.717) is 0 Å². The number of nitrogens with two attached hydrogens (primary N) is 1. The van der Waals surface area contributed by atoms with Crippen molar-refractivity contribution in [2.75, 3.05) is 0 Å². The summed E-state index contributed by atoms with van der Waals surface area (Å²) in [5.41, 5.74) is 9.50. The normalized spacial score (nSPS) is 11.6. The highest BCUT2D eigenvalue weighted by Crippen LogP contribution is 2.17. The molecule has 0 radical (unpaired) electrons. The predicted octanol–water partition coefficient (Wildman–Crippen LogP) is 2.91. The lowest BCUT2D eigenvalue weighted by molar-refractivity contribution is 0.901. The van der Waals surface area contributed by atoms with Crippen LogP contribution in [0.3, 0.4) is 0 Å². The summed E-state index contributed by atoms with van der Waals surface area (Å²) in [6.07, 6.45) is 1.76. The van der Waals surface area contributed by atoms with Crippen molar-refractivity contribution in [1.82, 2.24) is 0 Å². The summed E-state index contributed by atoms with van der Waals surface area (Å²) in [4.78, 5) is 0. The van der Waals surface area contributed by atoms with Gasteiger partial charge < -0.3 is 5.73 Å². The molecule has 0 spiro atoms. The average Bonchev–Trinajstić information content (AvgIpc) is 2.03. The predicted molar refractivity (Wildman–Crippen MR) is 60.3 cm³/mol. The van der Waals surface area contributed by atoms with Gasteiger partial charge in [0.15, 0.2) is 0 Å². The quantitative estimate of drug-likeness (QED) is 0.725. The zero-order valence-corrected chi connectivity index (χ0v) is 8.90. The molecule has 0 amide bonds. The van der Waals surface area contributed by atoms with Crippen LogP contribution >= 0.6 is 12.4 Å². The van der Waals surface area contributed by atoms with Crippen LogP contribution in [-0.4, -0.2) is 0 Å². The molecule has 1 aromatic carbocycles. The van der Waals surface area contributed by atoms with Gasteiger partial charge in [-0.15, -0.1) is 19.0 Å². The zero-order chi connectivity index (χ0) is 9.14. The average molecular weight is 198 g/mol. The number of benzene rings is 1. The second-order valence-corrected chi connectivity index (χ2v) is 3.12. The van der Waals surface area contributed by atoms with E-state index in [2.05, 4.69) is 38.6 Å². The first-order chi connectivity index (χ1) is 5.65. The third-order valence-electron chi connectivity index (χ3n) is 2.04. The Labute approximate surface area is 86.1 Å². The molecule has 0 aromatic heterocycles. The highest BCUT2D eigenvalue weighted by Gasteiger charge is 2.03. The highest BCUT2D eigenvalue weighted by molar-refractivity contribution is 5.85. The number of rotatable bonds is 2. The first-order valence-corrected chi connectivity index (χ1v) is 4.10. The molecule has 13 heavy (non-hydrogen) atoms. The maximum Gasteiger partial charge on any atom is 0.0481 e. The molecule has 1 rings (SSSR count). The van der Waals surface area contributed by atoms with Crippen LogP contribution in [0, 0.1) is 13.8 Å². The van der Waals surface area contributed by atoms with Crippen LogP contribution in [0.4, 0.5) is 0 Å². The summed E-state index contributed by atoms with van der Waals surface area (Å²) in [7, 11) is 0. The lowest BCUT2D eigenvalue weighted by Gasteiger charge is -2.10. The van der Waals surface area contributed by atoms with Crippen LogP contribution in [0.5, 0.6) is 0 Å². The smallest absolute Gasteiger partial charge is 0.0481 e. The first kappa shape index (κ1) is 12.2. The lowest BCUT2D eigenvalue weighted by atomic mass is 10.00. The second kappa shape index (κ2) is 5.05. The van der Waals surface area contributed by atoms with Crippen LogP contribution < -0.4 is 5.73 Å². The Balaban J connectivity index is 0.00000144. The van der Waals surface area contributed by atoms with Gasteiger partial charge in [0.2, 0.25) is 0 Å². The van der Waals surface area contributed by atoms with Crippen LogP contribution in [0.1, 0.15) is 22.7 Å². The largest absolute Gasteiger partial charge is 0.321 e. The van der Waals surface area contributed by atoms with Gasteiger partial charge >= 0.3 is 0 Å². The van der Waals surface area contributed by atoms with E-state index in [1.54, 1.807) is 6.08 Å². The maximum atomic E-state index is 5.83. The van der Waals surface area contributed by atoms with E-state index >= 15 is 0 Å². The molecule has 72 valence electrons. The van der Waals surface area contributed by atoms with Crippen molar-refractivity contribution in [2.45, 2.75) is 19.9 Å². The highest BCUT2D eigenvalue weighted by atomic mass is 35.5. The fourth-order valence-corrected chi connectivity index (χ4v) is 1.33. The molecular weight excluding hydrogens is 182 g/mol. The minimum Gasteiger partial charge on any atom is -0.321 e. The Bertz CT molecular complexity index is 294. The SMILES string of the molecule is C=C[C@H](N)c1ccc(C)cc1C.Cl. The zero-order valence-electron chi connectivity index (χ0n) is 8.08. The topological polar surface area (TPSA) is 26.0 Å². The van der Waals surface area contributed by atoms with Crippen LogP contribution in [-0.2, 0) is 0 Å². The van der Waals surface area contributed by atoms with Gasteiger partial charge in [0.25, 0.3) is 0 Å². The third kappa shape index (κ3) is 2.87. The maximum absolute atomic E-state index is 5.83. The van der Waals surface area contributed by atoms with E-state index in [-0.39, 0.29) is 18.4 Å². The molecule has 0 fully saturated rings. The van der Waals surface area contributed by atoms with Crippen LogP contribution in [0.2, 0.25) is 0 Å². The summed E-state index contributed by atoms with van der Waals surface area (Å²) < 4.78 is 0. The van der Waals surface area contributed by atoms with Gasteiger partial charge in [-0.3, -0.25) is 0 Å². The van der Waals surface area contributed by atoms with Crippen molar-refractivity contribution in [3.05, 3.63) is 47.5 Å². The summed E-state index contributed by atoms with van der Waals surface area (Å²) in [6, 6.07) is 6.24. The van der Waals surface area contributed by atoms with Crippen molar-refractivity contribution in [2.24, 2.45) is 5.73 Å². The number of aryl methyl sites for hydroxylation is 2. The van der Waals surface area contributed by atoms with Gasteiger partial charge in [0.1, 0.15) is 0 Å². The molecule has 2 N–H and O–H groups in total. The van der Waals surface area contributed by atoms with Crippen molar-refractivity contribution in [3.8, 4) is 0 Å². The second-order valence-electron chi connectivity index (χ2n) is 3.12. The van der Waals surface area contributed by atoms with Crippen molar-refractivity contribution >= 4 is 12.4 Å². The number of halogens is 1. The molecule has 0 saturated carbocycles. The van der Waals surface area contributed by atoms with Gasteiger partial charge in [-0.1, -0.05) is 29.8 Å². The van der Waals surface area contributed by atoms with Gasteiger partial charge in [-0.05, 0) is 25.0 Å². The standard InChI is InChI=1S/C11H15N.ClH/c1-4-11(12)10-6-5-8(2)7-9(10)3;/h4-7,11H,1,12H2,2-3H3;1H/t11-;/m0./s1. The van der Waals surface area contributed by atoms with E-state index < -0.39 is 0 Å². The Morgan fingerprint density at radius 1 is 1.38 bits per heavy atom. The van der Waals surface area contributed by atoms with E-state index in [0.717, 1.165) is 5.56 Å². The molecule has 2 heteroatoms. The van der Waals surface area contributed by atoms with Gasteiger partial charge in [0.05, 0.1) is 0 Å². The fourth-order valence-electron chi connectivity index (χ4n) is 1.33. The summed E-state index contributed by atoms with van der Waals surface area (Å²) in [5.74, 6) is 0. The monoisotopic (exact) mass is 197 g/mol. The molecule has 1 aromatic rings. The molecule has 0 heterocycles. The third-order valence-corrected chi connectivity index (χ3v) is 2.04. The van der Waals surface area contributed by atoms with Gasteiger partial charge in [-0.25, -0.2) is 0 Å². The van der Waals surface area contributed by atoms with Crippen LogP contribution in [0.15, 0.2) is 30.9 Å². The fraction of sp³-hybridized carbons (Fsp3) is 0.273. The molecule has 0 aliphatic heterocycles. The molecule has 0 aliphatic carbocycles. The Morgan fingerprint density at radius 2 is 2.00 bits per heavy atom. The van der Waals surface area contributed by atoms with E-state index in [9.17, 15) is 0 Å². The van der Waals surface area contributed by atoms with E-state index in [1.165, 1.54) is 11.1 Å². The molecule has 0 bridgehead atoms. The molecule has 1 atom stereocenters. The minimum atomic E-state index is -0.0365. The Hall–Kier alpha value is -0.790. The first-order valence-electron chi connectivity index (χ1n) is 4.10. The van der Waals surface area contributed by atoms with Crippen molar-refractivity contribution in [3.63, 3.8) is 0 Å². The Kier molecular flexibility index (Phi) is 4.74. The number of hydrogen-bond acceptors (Lipinski definition) is 1. The summed E-state index contributed by atoms with van der Waals surface area (Å²) >= 11 is 0. The minimum absolute atomic E-state index is 0. The molecule has 1 nitrogen and oxygen atoms in total. The lowest BCUT2D eigenvalue weighted by Crippen LogP contribution is -2.08. The van der Waals surface area contributed by atoms with E-state index in [4.69, 9.17) is 5.73 Å². The van der Waals surface area contributed by atoms with E-state index in [1.807, 2.05) is 0 Å². The molecule has 0 unspecified atom stereocenters. The number of hydrogen-bond donors (Lipinski definition) is 1. The summed E-state index contributed by atoms with van der Waals surface area (Å²) in [5, 5.41) is 0. The van der Waals surface area contributed by atoms with Crippen molar-refractivity contribution < 1.29 is 0 Å². The van der Waals surface area contributed by atoms with Crippen LogP contribution in [0.25, 0.3) is 0 Å². The Morgan fingerprint density at radius 3 is 2.46 bits per heavy atom. The molecular formula is C11H16ClN. The molecule has 0 saturated heterocycles. The van der Waals surface area contributed by atoms with Crippen molar-refractivity contribution in [1.29, 1.82) is 0 Å². The van der Waals surface area contributed by atoms with Gasteiger partial charge in [0, 0.05) is 6.04 Å². The van der Waals surface area contributed by atoms with Gasteiger partial charge in [-0.2, -0.15) is 0 Å².